The average molecular weight is 1910 g/mol. The van der Waals surface area contributed by atoms with E-state index in [1.54, 1.807) is 20.8 Å². The van der Waals surface area contributed by atoms with Crippen LogP contribution < -0.4 is 46.9 Å². The zero-order valence-electron chi connectivity index (χ0n) is 82.5. The fraction of sp³-hybridized carbons (Fsp3) is 0.552. The minimum Gasteiger partial charge on any atom is -0.489 e. The zero-order valence-corrected chi connectivity index (χ0v) is 81.5. The summed E-state index contributed by atoms with van der Waals surface area (Å²) in [6, 6.07) is 43.3. The van der Waals surface area contributed by atoms with Gasteiger partial charge in [0.05, 0.1) is 125 Å². The number of halogens is 1. The Kier molecular flexibility index (Phi) is 46.7. The second-order valence-electron chi connectivity index (χ2n) is 36.7. The number of carbonyl (C=O) groups is 11. The van der Waals surface area contributed by atoms with E-state index in [9.17, 15) is 57.1 Å². The maximum atomic E-state index is 14.1. The van der Waals surface area contributed by atoms with Crippen LogP contribution >= 0.6 is 0 Å². The molecule has 13 rings (SSSR count). The van der Waals surface area contributed by atoms with Crippen molar-refractivity contribution < 1.29 is 111 Å². The summed E-state index contributed by atoms with van der Waals surface area (Å²) in [5.41, 5.74) is 19.2. The van der Waals surface area contributed by atoms with Gasteiger partial charge in [0.2, 0.25) is 23.6 Å². The number of carboxylic acids is 1. The van der Waals surface area contributed by atoms with Crippen molar-refractivity contribution in [1.29, 1.82) is 0 Å². The maximum absolute atomic E-state index is 14.1. The number of hydrogen-bond donors (Lipinski definition) is 7. The second kappa shape index (κ2) is 58.2. The van der Waals surface area contributed by atoms with Crippen molar-refractivity contribution in [1.82, 2.24) is 36.0 Å². The minimum absolute atomic E-state index is 0.0280. The molecule has 0 spiro atoms. The largest absolute Gasteiger partial charge is 0.489 e. The Hall–Kier alpha value is -10.8. The van der Waals surface area contributed by atoms with E-state index in [4.69, 9.17) is 60.6 Å². The molecule has 0 bridgehead atoms. The quantitative estimate of drug-likeness (QED) is 0.0138. The number of aliphatic carboxylic acids is 1. The van der Waals surface area contributed by atoms with Crippen molar-refractivity contribution in [3.63, 3.8) is 0 Å². The van der Waals surface area contributed by atoms with Crippen molar-refractivity contribution in [2.24, 2.45) is 35.1 Å². The lowest BCUT2D eigenvalue weighted by atomic mass is 9.88. The number of ketones is 4. The van der Waals surface area contributed by atoms with Gasteiger partial charge in [-0.1, -0.05) is 179 Å². The molecule has 7 aliphatic rings. The van der Waals surface area contributed by atoms with Crippen LogP contribution in [0.5, 0.6) is 17.2 Å². The first-order valence-electron chi connectivity index (χ1n) is 48.4. The van der Waals surface area contributed by atoms with Crippen LogP contribution in [0.25, 0.3) is 0 Å². The molecule has 6 aromatic rings. The molecule has 2 saturated carbocycles. The molecule has 0 aromatic heterocycles. The Balaban J connectivity index is 0.000000227. The van der Waals surface area contributed by atoms with Gasteiger partial charge >= 0.3 is 17.9 Å². The van der Waals surface area contributed by atoms with Crippen LogP contribution in [0.1, 0.15) is 163 Å². The molecule has 9 N–H and O–H groups in total. The molecule has 31 nitrogen and oxygen atoms in total. The predicted octanol–water partition coefficient (Wildman–Crippen LogP) is 10.0. The summed E-state index contributed by atoms with van der Waals surface area (Å²) in [5.74, 6) is -1.54. The molecule has 6 aromatic carbocycles. The predicted molar refractivity (Wildman–Crippen MR) is 516 cm³/mol. The van der Waals surface area contributed by atoms with Crippen LogP contribution in [0.4, 0.5) is 4.39 Å². The molecule has 32 heteroatoms. The third-order valence-corrected chi connectivity index (χ3v) is 25.3. The van der Waals surface area contributed by atoms with E-state index in [-0.39, 0.29) is 91.7 Å². The topological polar surface area (TPSA) is 417 Å². The number of alkyl halides is 1. The summed E-state index contributed by atoms with van der Waals surface area (Å²) in [4.78, 5) is 143. The van der Waals surface area contributed by atoms with Crippen LogP contribution in [-0.4, -0.2) is 265 Å². The molecule has 4 amide bonds. The summed E-state index contributed by atoms with van der Waals surface area (Å²) >= 11 is 0. The number of benzene rings is 6. The normalized spacial score (nSPS) is 19.3. The number of methoxy groups -OCH3 is 2. The van der Waals surface area contributed by atoms with Crippen LogP contribution in [0.15, 0.2) is 146 Å². The number of amides is 4. The maximum Gasteiger partial charge on any atom is 0.325 e. The van der Waals surface area contributed by atoms with E-state index >= 15 is 0 Å². The average Bonchev–Trinajstić information content (AvgIpc) is 1.64. The molecule has 2 aliphatic carbocycles. The van der Waals surface area contributed by atoms with Crippen LogP contribution in [0, 0.1) is 44.4 Å². The Bertz CT molecular complexity index is 4810. The number of aryl methyl sites for hydroxylation is 3. The smallest absolute Gasteiger partial charge is 0.325 e. The third kappa shape index (κ3) is 39.6. The minimum atomic E-state index is -1.02. The number of carbonyl (C=O) groups excluding carboxylic acids is 10. The molecule has 5 saturated heterocycles. The number of esters is 2. The van der Waals surface area contributed by atoms with E-state index in [2.05, 4.69) is 26.0 Å². The summed E-state index contributed by atoms with van der Waals surface area (Å²) in [5, 5.41) is 19.6. The fourth-order valence-corrected chi connectivity index (χ4v) is 16.6. The first-order valence-corrected chi connectivity index (χ1v) is 47.7. The van der Waals surface area contributed by atoms with Gasteiger partial charge in [-0.25, -0.2) is 0 Å². The summed E-state index contributed by atoms with van der Waals surface area (Å²) in [6.45, 7) is 24.9. The first-order chi connectivity index (χ1) is 66.2. The van der Waals surface area contributed by atoms with E-state index < -0.39 is 78.3 Å². The van der Waals surface area contributed by atoms with Crippen LogP contribution in [0.2, 0.25) is 0 Å². The highest BCUT2D eigenvalue weighted by atomic mass is 19.1. The van der Waals surface area contributed by atoms with Crippen molar-refractivity contribution in [2.75, 3.05) is 133 Å². The molecule has 0 unspecified atom stereocenters. The second-order valence-corrected chi connectivity index (χ2v) is 36.7. The van der Waals surface area contributed by atoms with Gasteiger partial charge in [0.1, 0.15) is 60.4 Å². The standard InChI is InChI=1S/C38H51N3O7.C28H36N2O6.C18H21NO3.C11H19NO2.C9H16N2O4.CH3F/c1-26-13-14-30(21-34(26)47-24-29-11-5-4-6-12-29)19-31(22-33(42)27(2)39-35(43)23-41-15-17-46-18-16-41)37(45)40-32(20-28-9-7-8-10-28)36(44)38(3)25-48-38;1-20-9-10-23(16-26(20)36-19-22-7-5-4-6-8-22)15-24(28(33)34-3)17-25(31)21(2)29-27(32)18-30-11-13-35-14-12-30;1-13-8-9-15(10-16(19)18(20)21-2)11-17(13)22-12-14-6-4-3-5-7-14;1-11(7-14-11)10(13)9(12)6-8-4-2-3-5-8;1-7(9(13)14)10-8(12)6-11-2-4-15-5-3-11;1-2/h4-6,11-14,21,27-28,31-32H,7-10,15-20,22-25H2,1-3H3,(H,39,43)(H,40,45);4-10,16,21,24H,11-15,17-19H2,1-3H3,(H,29,32);3-9,11,16H,10,12,19H2,1-2H3;8-9H,2-7,12H2,1H3;7H,2-6H2,1H3,(H,10,12)(H,13,14);1H3/t27-,31+,32-,38+;21-,24+;16-;9-,11+;7-;/m00000./s1/i;;;;;1D. The van der Waals surface area contributed by atoms with Gasteiger partial charge in [0.15, 0.2) is 23.1 Å². The lowest BCUT2D eigenvalue weighted by Gasteiger charge is -2.27. The number of morpholine rings is 3. The summed E-state index contributed by atoms with van der Waals surface area (Å²) in [7, 11) is 1.66. The first kappa shape index (κ1) is 110. The number of epoxide rings is 2. The SMILES string of the molecule is COC(=O)[C@@H](CC(=O)[C@H](C)NC(=O)CN1CCOCC1)Cc1ccc(C)c(OCc2ccccc2)c1.COC(=O)[C@@H](N)Cc1ccc(C)c(OCc2ccccc2)c1.C[C@H](NC(=O)CN1CCOCC1)C(=O)O.C[C@]1(C(=O)[C@@H](N)CC2CCCC2)CO1.Cc1ccc(C[C@H](CC(=O)[C@H](C)NC(=O)CN2CCOCC2)C(=O)N[C@@H](CC2CCCC2)C(=O)[C@@]2(C)CO2)cc1OCc1ccccc1.[2H]CF. The summed E-state index contributed by atoms with van der Waals surface area (Å²) in [6.07, 6.45) is 11.8. The van der Waals surface area contributed by atoms with E-state index in [1.807, 2.05) is 188 Å². The fourth-order valence-electron chi connectivity index (χ4n) is 16.6. The van der Waals surface area contributed by atoms with Gasteiger partial charge in [-0.3, -0.25) is 71.8 Å². The van der Waals surface area contributed by atoms with E-state index in [0.29, 0.717) is 136 Å². The van der Waals surface area contributed by atoms with Crippen molar-refractivity contribution in [3.8, 4) is 17.2 Å². The highest BCUT2D eigenvalue weighted by Crippen LogP contribution is 2.36. The number of carboxylic acid groups (broad SMARTS) is 1. The number of hydrogen-bond acceptors (Lipinski definition) is 26. The van der Waals surface area contributed by atoms with Gasteiger partial charge in [-0.2, -0.15) is 0 Å². The van der Waals surface area contributed by atoms with Gasteiger partial charge < -0.3 is 85.2 Å². The lowest BCUT2D eigenvalue weighted by molar-refractivity contribution is -0.147. The highest BCUT2D eigenvalue weighted by Gasteiger charge is 2.51. The van der Waals surface area contributed by atoms with Crippen LogP contribution in [-0.2, 0) is 125 Å². The third-order valence-electron chi connectivity index (χ3n) is 25.3. The molecule has 5 heterocycles. The summed E-state index contributed by atoms with van der Waals surface area (Å²) < 4.78 is 69.6. The van der Waals surface area contributed by atoms with Gasteiger partial charge in [-0.05, 0) is 168 Å². The monoisotopic (exact) mass is 1910 g/mol. The molecular weight excluding hydrogens is 1760 g/mol. The molecule has 5 aliphatic heterocycles. The van der Waals surface area contributed by atoms with Crippen molar-refractivity contribution >= 4 is 64.7 Å². The van der Waals surface area contributed by atoms with Crippen molar-refractivity contribution in [2.45, 2.75) is 219 Å². The molecular formula is C105H146FN9O22. The molecule has 137 heavy (non-hydrogen) atoms. The Morgan fingerprint density at radius 2 is 0.781 bits per heavy atom. The number of rotatable bonds is 43. The number of Topliss-reactive ketones (excluding diaryl/α,β-unsaturated/α-hetero) is 4. The van der Waals surface area contributed by atoms with E-state index in [1.165, 1.54) is 46.8 Å². The van der Waals surface area contributed by atoms with Gasteiger partial charge in [0.25, 0.3) is 0 Å². The zero-order chi connectivity index (χ0) is 100. The molecule has 750 valence electrons. The number of nitrogens with two attached hydrogens (primary N) is 2. The van der Waals surface area contributed by atoms with Crippen LogP contribution in [0.3, 0.4) is 0 Å². The number of nitrogens with zero attached hydrogens (tertiary/aromatic N) is 3. The Labute approximate surface area is 807 Å². The Morgan fingerprint density at radius 1 is 0.453 bits per heavy atom. The van der Waals surface area contributed by atoms with Gasteiger partial charge in [-0.15, -0.1) is 0 Å². The highest BCUT2D eigenvalue weighted by molar-refractivity contribution is 5.98. The van der Waals surface area contributed by atoms with E-state index in [0.717, 1.165) is 107 Å². The van der Waals surface area contributed by atoms with Gasteiger partial charge in [0, 0.05) is 58.0 Å². The van der Waals surface area contributed by atoms with Crippen molar-refractivity contribution in [3.05, 3.63) is 196 Å². The lowest BCUT2D eigenvalue weighted by Crippen LogP contribution is -2.50. The molecule has 7 fully saturated rings. The number of ether oxygens (including phenoxy) is 10. The Morgan fingerprint density at radius 3 is 1.13 bits per heavy atom. The molecule has 0 radical (unpaired) electrons. The number of nitrogens with one attached hydrogen (secondary N) is 4. The molecule has 10 atom stereocenters.